The largest absolute Gasteiger partial charge is 0.456 e. The molecule has 3 heterocycles. The van der Waals surface area contributed by atoms with Gasteiger partial charge >= 0.3 is 0 Å². The molecular formula is C51H33N5O. The zero-order valence-corrected chi connectivity index (χ0v) is 30.7. The number of hydrogen-bond donors (Lipinski definition) is 0. The van der Waals surface area contributed by atoms with Crippen LogP contribution in [0.1, 0.15) is 0 Å². The number of hydrogen-bond acceptors (Lipinski definition) is 5. The molecule has 0 spiro atoms. The van der Waals surface area contributed by atoms with Crippen LogP contribution in [0.25, 0.3) is 83.6 Å². The van der Waals surface area contributed by atoms with Gasteiger partial charge in [0.05, 0.1) is 16.7 Å². The van der Waals surface area contributed by atoms with E-state index in [0.29, 0.717) is 17.5 Å². The highest BCUT2D eigenvalue weighted by Crippen LogP contribution is 2.44. The van der Waals surface area contributed by atoms with E-state index in [-0.39, 0.29) is 0 Å². The Morgan fingerprint density at radius 2 is 0.877 bits per heavy atom. The summed E-state index contributed by atoms with van der Waals surface area (Å²) < 4.78 is 9.00. The zero-order chi connectivity index (χ0) is 37.7. The Morgan fingerprint density at radius 3 is 1.49 bits per heavy atom. The van der Waals surface area contributed by atoms with Gasteiger partial charge in [0.15, 0.2) is 17.5 Å². The van der Waals surface area contributed by atoms with E-state index in [4.69, 9.17) is 19.4 Å². The van der Waals surface area contributed by atoms with E-state index in [1.165, 1.54) is 21.8 Å². The van der Waals surface area contributed by atoms with Crippen LogP contribution in [0.5, 0.6) is 0 Å². The minimum Gasteiger partial charge on any atom is -0.456 e. The molecule has 0 saturated heterocycles. The van der Waals surface area contributed by atoms with Crippen LogP contribution in [0, 0.1) is 0 Å². The first kappa shape index (κ1) is 32.6. The molecule has 0 unspecified atom stereocenters. The molecule has 8 aromatic carbocycles. The van der Waals surface area contributed by atoms with Crippen LogP contribution in [-0.4, -0.2) is 19.5 Å². The minimum absolute atomic E-state index is 0.566. The zero-order valence-electron chi connectivity index (χ0n) is 30.7. The van der Waals surface area contributed by atoms with Crippen LogP contribution in [-0.2, 0) is 0 Å². The van der Waals surface area contributed by atoms with Gasteiger partial charge in [-0.3, -0.25) is 0 Å². The molecule has 0 fully saturated rings. The third kappa shape index (κ3) is 5.62. The number of furan rings is 1. The lowest BCUT2D eigenvalue weighted by Gasteiger charge is -2.26. The molecule has 11 aromatic rings. The molecule has 6 heteroatoms. The first-order valence-corrected chi connectivity index (χ1v) is 19.0. The normalized spacial score (nSPS) is 11.5. The highest BCUT2D eigenvalue weighted by Gasteiger charge is 2.23. The number of para-hydroxylation sites is 4. The van der Waals surface area contributed by atoms with Crippen LogP contribution in [0.2, 0.25) is 0 Å². The lowest BCUT2D eigenvalue weighted by atomic mass is 10.0. The summed E-state index contributed by atoms with van der Waals surface area (Å²) in [7, 11) is 0. The lowest BCUT2D eigenvalue weighted by molar-refractivity contribution is 0.669. The molecule has 0 bridgehead atoms. The van der Waals surface area contributed by atoms with Crippen molar-refractivity contribution >= 4 is 60.8 Å². The quantitative estimate of drug-likeness (QED) is 0.163. The van der Waals surface area contributed by atoms with Crippen LogP contribution in [0.3, 0.4) is 0 Å². The van der Waals surface area contributed by atoms with E-state index in [2.05, 4.69) is 125 Å². The summed E-state index contributed by atoms with van der Waals surface area (Å²) in [5.74, 6) is 1.77. The standard InChI is InChI=1S/C51H33N5O/c1-4-16-34(17-5-1)49-52-50(35-18-6-2-7-19-35)54-51(53-49)43-32-39(33-47-48(43)42-24-12-15-27-46(42)57-47)55(36-20-8-3-9-21-36)37-28-30-38(31-29-37)56-44-25-13-10-22-40(44)41-23-11-14-26-45(41)56/h1-33H. The van der Waals surface area contributed by atoms with Crippen LogP contribution in [0.4, 0.5) is 17.1 Å². The number of benzene rings is 8. The molecule has 0 aliphatic heterocycles. The third-order valence-corrected chi connectivity index (χ3v) is 10.6. The van der Waals surface area contributed by atoms with Crippen LogP contribution in [0.15, 0.2) is 205 Å². The molecular weight excluding hydrogens is 699 g/mol. The fourth-order valence-corrected chi connectivity index (χ4v) is 8.05. The summed E-state index contributed by atoms with van der Waals surface area (Å²) >= 11 is 0. The van der Waals surface area contributed by atoms with Crippen molar-refractivity contribution in [1.29, 1.82) is 0 Å². The lowest BCUT2D eigenvalue weighted by Crippen LogP contribution is -2.10. The van der Waals surface area contributed by atoms with Gasteiger partial charge < -0.3 is 13.9 Å². The molecule has 11 rings (SSSR count). The van der Waals surface area contributed by atoms with Gasteiger partial charge in [0.2, 0.25) is 0 Å². The SMILES string of the molecule is c1ccc(-c2nc(-c3ccccc3)nc(-c3cc(N(c4ccccc4)c4ccc(-n5c6ccccc6c6ccccc65)cc4)cc4oc5ccccc5c34)n2)cc1. The van der Waals surface area contributed by atoms with Crippen molar-refractivity contribution in [1.82, 2.24) is 19.5 Å². The molecule has 57 heavy (non-hydrogen) atoms. The predicted molar refractivity (Wildman–Crippen MR) is 232 cm³/mol. The van der Waals surface area contributed by atoms with E-state index >= 15 is 0 Å². The number of nitrogens with zero attached hydrogens (tertiary/aromatic N) is 5. The van der Waals surface area contributed by atoms with Gasteiger partial charge in [-0.15, -0.1) is 0 Å². The monoisotopic (exact) mass is 731 g/mol. The maximum absolute atomic E-state index is 6.66. The molecule has 268 valence electrons. The average Bonchev–Trinajstić information content (AvgIpc) is 3.83. The second kappa shape index (κ2) is 13.5. The van der Waals surface area contributed by atoms with Crippen LogP contribution >= 0.6 is 0 Å². The Morgan fingerprint density at radius 1 is 0.386 bits per heavy atom. The summed E-state index contributed by atoms with van der Waals surface area (Å²) in [4.78, 5) is 17.6. The van der Waals surface area contributed by atoms with E-state index in [9.17, 15) is 0 Å². The smallest absolute Gasteiger partial charge is 0.164 e. The second-order valence-electron chi connectivity index (χ2n) is 14.1. The molecule has 0 radical (unpaired) electrons. The number of aromatic nitrogens is 4. The van der Waals surface area contributed by atoms with Gasteiger partial charge in [-0.25, -0.2) is 15.0 Å². The van der Waals surface area contributed by atoms with E-state index in [1.54, 1.807) is 0 Å². The summed E-state index contributed by atoms with van der Waals surface area (Å²) in [6.07, 6.45) is 0. The number of rotatable bonds is 7. The van der Waals surface area contributed by atoms with Crippen molar-refractivity contribution in [2.24, 2.45) is 0 Å². The molecule has 0 amide bonds. The predicted octanol–water partition coefficient (Wildman–Crippen LogP) is 13.3. The number of anilines is 3. The molecule has 0 atom stereocenters. The maximum Gasteiger partial charge on any atom is 0.164 e. The van der Waals surface area contributed by atoms with Crippen molar-refractivity contribution < 1.29 is 4.42 Å². The fourth-order valence-electron chi connectivity index (χ4n) is 8.05. The summed E-state index contributed by atoms with van der Waals surface area (Å²) in [6.45, 7) is 0. The highest BCUT2D eigenvalue weighted by molar-refractivity contribution is 6.13. The van der Waals surface area contributed by atoms with E-state index in [0.717, 1.165) is 61.4 Å². The van der Waals surface area contributed by atoms with E-state index < -0.39 is 0 Å². The van der Waals surface area contributed by atoms with Crippen molar-refractivity contribution in [2.75, 3.05) is 4.90 Å². The van der Waals surface area contributed by atoms with Gasteiger partial charge in [-0.05, 0) is 60.7 Å². The van der Waals surface area contributed by atoms with Crippen molar-refractivity contribution in [3.05, 3.63) is 200 Å². The Kier molecular flexibility index (Phi) is 7.71. The van der Waals surface area contributed by atoms with E-state index in [1.807, 2.05) is 84.9 Å². The Bertz CT molecular complexity index is 3120. The summed E-state index contributed by atoms with van der Waals surface area (Å²) in [5.41, 5.74) is 10.6. The molecule has 6 nitrogen and oxygen atoms in total. The molecule has 0 saturated carbocycles. The Balaban J connectivity index is 1.13. The molecule has 0 aliphatic carbocycles. The first-order chi connectivity index (χ1) is 28.3. The topological polar surface area (TPSA) is 60.0 Å². The van der Waals surface area contributed by atoms with Crippen LogP contribution < -0.4 is 4.90 Å². The van der Waals surface area contributed by atoms with Crippen molar-refractivity contribution in [2.45, 2.75) is 0 Å². The van der Waals surface area contributed by atoms with Crippen molar-refractivity contribution in [3.63, 3.8) is 0 Å². The maximum atomic E-state index is 6.66. The van der Waals surface area contributed by atoms with Gasteiger partial charge in [0.25, 0.3) is 0 Å². The molecule has 0 N–H and O–H groups in total. The van der Waals surface area contributed by atoms with Gasteiger partial charge in [0, 0.05) is 61.4 Å². The Labute approximate surface area is 328 Å². The van der Waals surface area contributed by atoms with Gasteiger partial charge in [-0.2, -0.15) is 0 Å². The molecule has 0 aliphatic rings. The van der Waals surface area contributed by atoms with Gasteiger partial charge in [0.1, 0.15) is 11.2 Å². The summed E-state index contributed by atoms with van der Waals surface area (Å²) in [5, 5.41) is 4.42. The van der Waals surface area contributed by atoms with Gasteiger partial charge in [-0.1, -0.05) is 133 Å². The molecule has 3 aromatic heterocycles. The summed E-state index contributed by atoms with van der Waals surface area (Å²) in [6, 6.07) is 69.1. The second-order valence-corrected chi connectivity index (χ2v) is 14.1. The van der Waals surface area contributed by atoms with Crippen molar-refractivity contribution in [3.8, 4) is 39.9 Å². The average molecular weight is 732 g/mol. The highest BCUT2D eigenvalue weighted by atomic mass is 16.3. The minimum atomic E-state index is 0.566. The fraction of sp³-hybridized carbons (Fsp3) is 0. The Hall–Kier alpha value is -7.83. The number of fused-ring (bicyclic) bond motifs is 6. The third-order valence-electron chi connectivity index (χ3n) is 10.6. The first-order valence-electron chi connectivity index (χ1n) is 19.0.